The minimum atomic E-state index is -0.431. The van der Waals surface area contributed by atoms with Crippen molar-refractivity contribution in [1.82, 2.24) is 0 Å². The first-order chi connectivity index (χ1) is 8.69. The fourth-order valence-electron chi connectivity index (χ4n) is 1.33. The molecule has 0 saturated heterocycles. The van der Waals surface area contributed by atoms with Crippen molar-refractivity contribution in [2.24, 2.45) is 0 Å². The van der Waals surface area contributed by atoms with Gasteiger partial charge in [-0.25, -0.2) is 0 Å². The smallest absolute Gasteiger partial charge is 0.296 e. The van der Waals surface area contributed by atoms with Gasteiger partial charge in [-0.15, -0.1) is 18.2 Å². The molecular weight excluding hydrogens is 252 g/mol. The van der Waals surface area contributed by atoms with Crippen LogP contribution in [0.4, 0.5) is 11.4 Å². The molecule has 0 unspecified atom stereocenters. The summed E-state index contributed by atoms with van der Waals surface area (Å²) in [6.07, 6.45) is 5.12. The maximum atomic E-state index is 10.9. The summed E-state index contributed by atoms with van der Waals surface area (Å²) in [4.78, 5) is 10.5. The highest BCUT2D eigenvalue weighted by Crippen LogP contribution is 2.28. The van der Waals surface area contributed by atoms with Gasteiger partial charge < -0.3 is 10.1 Å². The van der Waals surface area contributed by atoms with Gasteiger partial charge in [0.05, 0.1) is 23.9 Å². The highest BCUT2D eigenvalue weighted by atomic mass is 32.2. The van der Waals surface area contributed by atoms with Crippen molar-refractivity contribution in [3.63, 3.8) is 0 Å². The third kappa shape index (κ3) is 4.18. The molecular formula is C12H14N2O3S. The number of thioether (sulfide) groups is 1. The maximum Gasteiger partial charge on any atom is 0.296 e. The van der Waals surface area contributed by atoms with Crippen LogP contribution in [0.5, 0.6) is 5.75 Å². The monoisotopic (exact) mass is 266 g/mol. The first-order valence-corrected chi connectivity index (χ1v) is 6.42. The summed E-state index contributed by atoms with van der Waals surface area (Å²) in [5.41, 5.74) is 0.499. The Kier molecular flexibility index (Phi) is 5.88. The molecule has 6 heteroatoms. The van der Waals surface area contributed by atoms with E-state index in [1.165, 1.54) is 13.2 Å². The molecule has 0 amide bonds. The fraction of sp³-hybridized carbons (Fsp3) is 0.333. The second kappa shape index (κ2) is 7.45. The summed E-state index contributed by atoms with van der Waals surface area (Å²) < 4.78 is 4.96. The molecule has 0 heterocycles. The number of nitro groups is 1. The van der Waals surface area contributed by atoms with Gasteiger partial charge in [0.1, 0.15) is 11.4 Å². The largest absolute Gasteiger partial charge is 0.496 e. The number of anilines is 1. The normalized spacial score (nSPS) is 9.56. The number of nitrogens with zero attached hydrogens (tertiary/aromatic N) is 1. The molecule has 1 aromatic carbocycles. The summed E-state index contributed by atoms with van der Waals surface area (Å²) in [6, 6.07) is 4.73. The minimum absolute atomic E-state index is 0.0105. The Morgan fingerprint density at radius 1 is 1.61 bits per heavy atom. The van der Waals surface area contributed by atoms with Crippen molar-refractivity contribution < 1.29 is 9.66 Å². The van der Waals surface area contributed by atoms with E-state index >= 15 is 0 Å². The van der Waals surface area contributed by atoms with E-state index in [1.54, 1.807) is 23.9 Å². The SMILES string of the molecule is C#CCSCCNc1ccc(OC)cc1[N+](=O)[O-]. The van der Waals surface area contributed by atoms with Crippen LogP contribution in [0.3, 0.4) is 0 Å². The van der Waals surface area contributed by atoms with E-state index in [9.17, 15) is 10.1 Å². The highest BCUT2D eigenvalue weighted by molar-refractivity contribution is 7.99. The van der Waals surface area contributed by atoms with Crippen molar-refractivity contribution in [2.75, 3.05) is 30.5 Å². The van der Waals surface area contributed by atoms with Gasteiger partial charge in [0.2, 0.25) is 0 Å². The standard InChI is InChI=1S/C12H14N2O3S/c1-3-7-18-8-6-13-11-5-4-10(17-2)9-12(11)14(15)16/h1,4-5,9,13H,6-8H2,2H3. The third-order valence-corrected chi connectivity index (χ3v) is 3.01. The number of hydrogen-bond donors (Lipinski definition) is 1. The molecule has 1 N–H and O–H groups in total. The van der Waals surface area contributed by atoms with Gasteiger partial charge >= 0.3 is 0 Å². The topological polar surface area (TPSA) is 64.4 Å². The quantitative estimate of drug-likeness (QED) is 0.355. The molecule has 0 aliphatic heterocycles. The second-order valence-corrected chi connectivity index (χ2v) is 4.43. The van der Waals surface area contributed by atoms with E-state index in [4.69, 9.17) is 11.2 Å². The molecule has 0 saturated carbocycles. The van der Waals surface area contributed by atoms with Crippen molar-refractivity contribution in [3.05, 3.63) is 28.3 Å². The zero-order valence-electron chi connectivity index (χ0n) is 10.0. The van der Waals surface area contributed by atoms with Crippen LogP contribution < -0.4 is 10.1 Å². The van der Waals surface area contributed by atoms with Gasteiger partial charge in [-0.05, 0) is 12.1 Å². The van der Waals surface area contributed by atoms with E-state index in [1.807, 2.05) is 0 Å². The lowest BCUT2D eigenvalue weighted by molar-refractivity contribution is -0.384. The van der Waals surface area contributed by atoms with Crippen LogP contribution >= 0.6 is 11.8 Å². The van der Waals surface area contributed by atoms with E-state index in [-0.39, 0.29) is 5.69 Å². The van der Waals surface area contributed by atoms with Gasteiger partial charge in [-0.2, -0.15) is 0 Å². The lowest BCUT2D eigenvalue weighted by Crippen LogP contribution is -2.06. The molecule has 0 bridgehead atoms. The number of methoxy groups -OCH3 is 1. The third-order valence-electron chi connectivity index (χ3n) is 2.15. The van der Waals surface area contributed by atoms with Crippen LogP contribution in [0.15, 0.2) is 18.2 Å². The number of hydrogen-bond acceptors (Lipinski definition) is 5. The van der Waals surface area contributed by atoms with E-state index in [0.29, 0.717) is 23.7 Å². The summed E-state index contributed by atoms with van der Waals surface area (Å²) in [7, 11) is 1.47. The molecule has 0 radical (unpaired) electrons. The summed E-state index contributed by atoms with van der Waals surface area (Å²) in [5, 5.41) is 13.9. The van der Waals surface area contributed by atoms with Gasteiger partial charge in [0.25, 0.3) is 5.69 Å². The summed E-state index contributed by atoms with van der Waals surface area (Å²) in [5.74, 6) is 4.43. The van der Waals surface area contributed by atoms with Crippen molar-refractivity contribution in [1.29, 1.82) is 0 Å². The molecule has 96 valence electrons. The molecule has 1 aromatic rings. The summed E-state index contributed by atoms with van der Waals surface area (Å²) in [6.45, 7) is 0.625. The van der Waals surface area contributed by atoms with Crippen molar-refractivity contribution in [3.8, 4) is 18.1 Å². The van der Waals surface area contributed by atoms with Gasteiger partial charge in [-0.1, -0.05) is 5.92 Å². The average Bonchev–Trinajstić information content (AvgIpc) is 2.38. The predicted molar refractivity (Wildman–Crippen MR) is 74.3 cm³/mol. The Bertz CT molecular complexity index is 457. The van der Waals surface area contributed by atoms with Gasteiger partial charge in [0.15, 0.2) is 0 Å². The lowest BCUT2D eigenvalue weighted by Gasteiger charge is -2.07. The van der Waals surface area contributed by atoms with Crippen LogP contribution in [0.1, 0.15) is 0 Å². The number of terminal acetylenes is 1. The second-order valence-electron chi connectivity index (χ2n) is 3.32. The van der Waals surface area contributed by atoms with Crippen LogP contribution in [-0.2, 0) is 0 Å². The van der Waals surface area contributed by atoms with E-state index in [2.05, 4.69) is 11.2 Å². The van der Waals surface area contributed by atoms with Crippen LogP contribution in [0, 0.1) is 22.5 Å². The number of benzene rings is 1. The first kappa shape index (κ1) is 14.2. The summed E-state index contributed by atoms with van der Waals surface area (Å²) >= 11 is 1.60. The van der Waals surface area contributed by atoms with Gasteiger partial charge in [0, 0.05) is 12.3 Å². The highest BCUT2D eigenvalue weighted by Gasteiger charge is 2.14. The number of nitrogens with one attached hydrogen (secondary N) is 1. The van der Waals surface area contributed by atoms with Crippen LogP contribution in [0.2, 0.25) is 0 Å². The van der Waals surface area contributed by atoms with Crippen molar-refractivity contribution >= 4 is 23.1 Å². The molecule has 5 nitrogen and oxygen atoms in total. The van der Waals surface area contributed by atoms with Crippen LogP contribution in [0.25, 0.3) is 0 Å². The molecule has 0 fully saturated rings. The Morgan fingerprint density at radius 2 is 2.39 bits per heavy atom. The Morgan fingerprint density at radius 3 is 3.00 bits per heavy atom. The maximum absolute atomic E-state index is 10.9. The average molecular weight is 266 g/mol. The minimum Gasteiger partial charge on any atom is -0.496 e. The number of ether oxygens (including phenoxy) is 1. The zero-order chi connectivity index (χ0) is 13.4. The first-order valence-electron chi connectivity index (χ1n) is 5.26. The Balaban J connectivity index is 2.64. The molecule has 18 heavy (non-hydrogen) atoms. The molecule has 0 spiro atoms. The zero-order valence-corrected chi connectivity index (χ0v) is 10.8. The van der Waals surface area contributed by atoms with Crippen molar-refractivity contribution in [2.45, 2.75) is 0 Å². The molecule has 0 aromatic heterocycles. The van der Waals surface area contributed by atoms with Gasteiger partial charge in [-0.3, -0.25) is 10.1 Å². The lowest BCUT2D eigenvalue weighted by atomic mass is 10.2. The van der Waals surface area contributed by atoms with E-state index < -0.39 is 4.92 Å². The van der Waals surface area contributed by atoms with Crippen LogP contribution in [-0.4, -0.2) is 30.1 Å². The molecule has 1 rings (SSSR count). The number of rotatable bonds is 7. The Hall–Kier alpha value is -1.87. The molecule has 0 atom stereocenters. The van der Waals surface area contributed by atoms with E-state index in [0.717, 1.165) is 5.75 Å². The molecule has 0 aliphatic carbocycles. The number of nitro benzene ring substituents is 1. The Labute approximate surface area is 110 Å². The molecule has 0 aliphatic rings. The predicted octanol–water partition coefficient (Wildman–Crippen LogP) is 2.38. The fourth-order valence-corrected chi connectivity index (χ4v) is 1.84.